The summed E-state index contributed by atoms with van der Waals surface area (Å²) in [5.74, 6) is 0.408. The van der Waals surface area contributed by atoms with E-state index in [0.717, 1.165) is 5.75 Å². The number of benzene rings is 2. The monoisotopic (exact) mass is 407 g/mol. The van der Waals surface area contributed by atoms with E-state index in [4.69, 9.17) is 9.15 Å². The van der Waals surface area contributed by atoms with Gasteiger partial charge in [-0.3, -0.25) is 10.1 Å². The molecule has 0 saturated heterocycles. The number of carbonyl (C=O) groups is 1. The van der Waals surface area contributed by atoms with E-state index in [1.807, 2.05) is 6.92 Å². The molecule has 0 radical (unpaired) electrons. The van der Waals surface area contributed by atoms with E-state index in [-0.39, 0.29) is 22.8 Å². The number of amides is 1. The SMILES string of the molecule is CCOc1ccc(N=c2oc3cc(O)ccc3cc2C(=O)Nc2nccs2)cc1. The largest absolute Gasteiger partial charge is 0.508 e. The number of nitrogens with one attached hydrogen (secondary N) is 1. The molecule has 7 nitrogen and oxygen atoms in total. The number of anilines is 1. The summed E-state index contributed by atoms with van der Waals surface area (Å²) < 4.78 is 11.3. The number of hydrogen-bond donors (Lipinski definition) is 2. The van der Waals surface area contributed by atoms with Crippen LogP contribution < -0.4 is 15.6 Å². The van der Waals surface area contributed by atoms with Crippen LogP contribution in [0, 0.1) is 0 Å². The molecule has 0 aliphatic carbocycles. The predicted molar refractivity (Wildman–Crippen MR) is 111 cm³/mol. The quantitative estimate of drug-likeness (QED) is 0.508. The molecule has 0 unspecified atom stereocenters. The van der Waals surface area contributed by atoms with Gasteiger partial charge in [0.1, 0.15) is 22.6 Å². The van der Waals surface area contributed by atoms with Gasteiger partial charge in [0, 0.05) is 23.0 Å². The van der Waals surface area contributed by atoms with Gasteiger partial charge in [0.25, 0.3) is 5.91 Å². The van der Waals surface area contributed by atoms with Crippen LogP contribution in [0.1, 0.15) is 17.3 Å². The number of ether oxygens (including phenoxy) is 1. The molecule has 4 aromatic rings. The van der Waals surface area contributed by atoms with Crippen molar-refractivity contribution < 1.29 is 19.1 Å². The summed E-state index contributed by atoms with van der Waals surface area (Å²) in [6.07, 6.45) is 1.61. The maximum absolute atomic E-state index is 12.8. The lowest BCUT2D eigenvalue weighted by Crippen LogP contribution is -2.21. The molecule has 0 fully saturated rings. The molecule has 0 aliphatic heterocycles. The molecular weight excluding hydrogens is 390 g/mol. The molecule has 4 rings (SSSR count). The summed E-state index contributed by atoms with van der Waals surface area (Å²) in [5.41, 5.74) is 1.40. The lowest BCUT2D eigenvalue weighted by molar-refractivity contribution is 0.102. The molecule has 0 aliphatic rings. The van der Waals surface area contributed by atoms with Gasteiger partial charge in [0.2, 0.25) is 5.55 Å². The normalized spacial score (nSPS) is 11.6. The van der Waals surface area contributed by atoms with Gasteiger partial charge in [-0.15, -0.1) is 11.3 Å². The Bertz CT molecular complexity index is 1220. The number of phenols is 1. The van der Waals surface area contributed by atoms with Gasteiger partial charge in [-0.05, 0) is 49.4 Å². The molecule has 1 amide bonds. The van der Waals surface area contributed by atoms with Crippen molar-refractivity contribution in [1.82, 2.24) is 4.98 Å². The lowest BCUT2D eigenvalue weighted by atomic mass is 10.1. The number of aromatic nitrogens is 1. The molecule has 29 heavy (non-hydrogen) atoms. The van der Waals surface area contributed by atoms with Crippen LogP contribution in [0.2, 0.25) is 0 Å². The van der Waals surface area contributed by atoms with Crippen LogP contribution in [0.25, 0.3) is 11.0 Å². The zero-order valence-electron chi connectivity index (χ0n) is 15.5. The Labute approximate surface area is 170 Å². The van der Waals surface area contributed by atoms with Crippen LogP contribution in [0.15, 0.2) is 69.5 Å². The van der Waals surface area contributed by atoms with Crippen LogP contribution in [-0.4, -0.2) is 22.6 Å². The summed E-state index contributed by atoms with van der Waals surface area (Å²) in [4.78, 5) is 21.4. The first-order valence-electron chi connectivity index (χ1n) is 8.87. The van der Waals surface area contributed by atoms with Crippen molar-refractivity contribution >= 4 is 39.0 Å². The van der Waals surface area contributed by atoms with Crippen LogP contribution in [-0.2, 0) is 0 Å². The molecule has 2 heterocycles. The lowest BCUT2D eigenvalue weighted by Gasteiger charge is -2.06. The molecular formula is C21H17N3O4S. The van der Waals surface area contributed by atoms with Gasteiger partial charge in [0.15, 0.2) is 5.13 Å². The number of hydrogen-bond acceptors (Lipinski definition) is 7. The van der Waals surface area contributed by atoms with E-state index < -0.39 is 0 Å². The molecule has 2 aromatic carbocycles. The minimum absolute atomic E-state index is 0.0632. The number of nitrogens with zero attached hydrogens (tertiary/aromatic N) is 2. The average Bonchev–Trinajstić information content (AvgIpc) is 3.22. The Morgan fingerprint density at radius 1 is 1.24 bits per heavy atom. The van der Waals surface area contributed by atoms with E-state index in [0.29, 0.717) is 28.4 Å². The third-order valence-electron chi connectivity index (χ3n) is 4.01. The third-order valence-corrected chi connectivity index (χ3v) is 4.70. The molecule has 2 N–H and O–H groups in total. The van der Waals surface area contributed by atoms with Gasteiger partial charge in [0.05, 0.1) is 12.3 Å². The van der Waals surface area contributed by atoms with Crippen molar-refractivity contribution in [2.75, 3.05) is 11.9 Å². The highest BCUT2D eigenvalue weighted by Crippen LogP contribution is 2.22. The summed E-state index contributed by atoms with van der Waals surface area (Å²) in [7, 11) is 0. The van der Waals surface area contributed by atoms with Crippen molar-refractivity contribution in [3.05, 3.63) is 71.2 Å². The molecule has 0 atom stereocenters. The third kappa shape index (κ3) is 4.27. The Morgan fingerprint density at radius 3 is 2.79 bits per heavy atom. The van der Waals surface area contributed by atoms with E-state index in [1.165, 1.54) is 23.5 Å². The minimum atomic E-state index is -0.386. The molecule has 2 aromatic heterocycles. The molecule has 0 saturated carbocycles. The summed E-state index contributed by atoms with van der Waals surface area (Å²) >= 11 is 1.32. The highest BCUT2D eigenvalue weighted by atomic mass is 32.1. The summed E-state index contributed by atoms with van der Waals surface area (Å²) in [6.45, 7) is 2.48. The first kappa shape index (κ1) is 18.7. The maximum atomic E-state index is 12.8. The van der Waals surface area contributed by atoms with Gasteiger partial charge >= 0.3 is 0 Å². The predicted octanol–water partition coefficient (Wildman–Crippen LogP) is 4.48. The number of carbonyl (C=O) groups excluding carboxylic acids is 1. The summed E-state index contributed by atoms with van der Waals surface area (Å²) in [5, 5.41) is 15.4. The second-order valence-corrected chi connectivity index (χ2v) is 6.91. The fourth-order valence-electron chi connectivity index (χ4n) is 2.70. The van der Waals surface area contributed by atoms with Gasteiger partial charge in [-0.2, -0.15) is 0 Å². The van der Waals surface area contributed by atoms with E-state index in [9.17, 15) is 9.90 Å². The topological polar surface area (TPSA) is 97.0 Å². The van der Waals surface area contributed by atoms with Crippen LogP contribution in [0.3, 0.4) is 0 Å². The van der Waals surface area contributed by atoms with Crippen molar-refractivity contribution in [3.63, 3.8) is 0 Å². The Hall–Kier alpha value is -3.65. The first-order valence-corrected chi connectivity index (χ1v) is 9.75. The number of rotatable bonds is 5. The Kier molecular flexibility index (Phi) is 5.26. The smallest absolute Gasteiger partial charge is 0.262 e. The van der Waals surface area contributed by atoms with Crippen molar-refractivity contribution in [2.24, 2.45) is 4.99 Å². The Balaban J connectivity index is 1.81. The number of aromatic hydroxyl groups is 1. The van der Waals surface area contributed by atoms with E-state index >= 15 is 0 Å². The zero-order valence-corrected chi connectivity index (χ0v) is 16.3. The second kappa shape index (κ2) is 8.15. The van der Waals surface area contributed by atoms with Gasteiger partial charge in [-0.1, -0.05) is 0 Å². The van der Waals surface area contributed by atoms with Crippen molar-refractivity contribution in [3.8, 4) is 11.5 Å². The van der Waals surface area contributed by atoms with Crippen molar-refractivity contribution in [2.45, 2.75) is 6.92 Å². The molecule has 0 spiro atoms. The van der Waals surface area contributed by atoms with E-state index in [1.54, 1.807) is 48.0 Å². The highest BCUT2D eigenvalue weighted by Gasteiger charge is 2.14. The fraction of sp³-hybridized carbons (Fsp3) is 0.0952. The second-order valence-electron chi connectivity index (χ2n) is 6.02. The van der Waals surface area contributed by atoms with Crippen LogP contribution >= 0.6 is 11.3 Å². The standard InChI is InChI=1S/C21H17N3O4S/c1-2-27-16-7-4-14(5-8-16)23-20-17(19(26)24-21-22-9-10-29-21)11-13-3-6-15(25)12-18(13)28-20/h3-12,25H,2H2,1H3,(H,22,24,26). The Morgan fingerprint density at radius 2 is 2.07 bits per heavy atom. The van der Waals surface area contributed by atoms with E-state index in [2.05, 4.69) is 15.3 Å². The maximum Gasteiger partial charge on any atom is 0.262 e. The average molecular weight is 407 g/mol. The van der Waals surface area contributed by atoms with Crippen LogP contribution in [0.4, 0.5) is 10.8 Å². The molecule has 0 bridgehead atoms. The molecule has 146 valence electrons. The summed E-state index contributed by atoms with van der Waals surface area (Å²) in [6, 6.07) is 13.5. The van der Waals surface area contributed by atoms with Gasteiger partial charge < -0.3 is 14.3 Å². The van der Waals surface area contributed by atoms with Crippen LogP contribution in [0.5, 0.6) is 11.5 Å². The highest BCUT2D eigenvalue weighted by molar-refractivity contribution is 7.13. The zero-order chi connectivity index (χ0) is 20.2. The number of phenolic OH excluding ortho intramolecular Hbond substituents is 1. The minimum Gasteiger partial charge on any atom is -0.508 e. The molecule has 8 heteroatoms. The number of thiazole rings is 1. The number of fused-ring (bicyclic) bond motifs is 1. The van der Waals surface area contributed by atoms with Crippen molar-refractivity contribution in [1.29, 1.82) is 0 Å². The first-order chi connectivity index (χ1) is 14.1. The fourth-order valence-corrected chi connectivity index (χ4v) is 3.23. The van der Waals surface area contributed by atoms with Gasteiger partial charge in [-0.25, -0.2) is 9.98 Å².